The monoisotopic (exact) mass is 420 g/mol. The molecule has 0 saturated carbocycles. The van der Waals surface area contributed by atoms with Gasteiger partial charge in [-0.3, -0.25) is 14.4 Å². The summed E-state index contributed by atoms with van der Waals surface area (Å²) in [5.41, 5.74) is 3.55. The number of amides is 1. The van der Waals surface area contributed by atoms with Crippen LogP contribution in [0.25, 0.3) is 0 Å². The second-order valence-electron chi connectivity index (χ2n) is 7.60. The molecule has 0 spiro atoms. The van der Waals surface area contributed by atoms with E-state index >= 15 is 0 Å². The third kappa shape index (κ3) is 5.16. The van der Waals surface area contributed by atoms with Crippen LogP contribution in [0, 0.1) is 13.8 Å². The Morgan fingerprint density at radius 3 is 2.79 bits per heavy atom. The molecule has 1 aromatic carbocycles. The Morgan fingerprint density at radius 2 is 2.14 bits per heavy atom. The molecule has 3 rings (SSSR count). The van der Waals surface area contributed by atoms with Crippen LogP contribution < -0.4 is 10.1 Å². The predicted molar refractivity (Wildman–Crippen MR) is 112 cm³/mol. The lowest BCUT2D eigenvalue weighted by Gasteiger charge is -2.17. The lowest BCUT2D eigenvalue weighted by Crippen LogP contribution is -2.30. The van der Waals surface area contributed by atoms with Gasteiger partial charge < -0.3 is 10.1 Å². The number of methoxy groups -OCH3 is 1. The van der Waals surface area contributed by atoms with Gasteiger partial charge in [0.25, 0.3) is 0 Å². The van der Waals surface area contributed by atoms with E-state index in [1.807, 2.05) is 48.7 Å². The first-order chi connectivity index (χ1) is 13.7. The van der Waals surface area contributed by atoms with E-state index in [0.29, 0.717) is 24.4 Å². The summed E-state index contributed by atoms with van der Waals surface area (Å²) >= 11 is 0. The smallest absolute Gasteiger partial charge is 0.238 e. The number of likely N-dealkylation sites (N-methyl/N-ethyl adjacent to an activating group) is 1. The van der Waals surface area contributed by atoms with Gasteiger partial charge in [-0.25, -0.2) is 8.42 Å². The van der Waals surface area contributed by atoms with E-state index < -0.39 is 9.84 Å². The average molecular weight is 421 g/mol. The maximum Gasteiger partial charge on any atom is 0.238 e. The van der Waals surface area contributed by atoms with Gasteiger partial charge in [0.2, 0.25) is 5.91 Å². The van der Waals surface area contributed by atoms with Crippen molar-refractivity contribution >= 4 is 21.4 Å². The zero-order valence-corrected chi connectivity index (χ0v) is 18.1. The third-order valence-corrected chi connectivity index (χ3v) is 6.97. The van der Waals surface area contributed by atoms with E-state index in [1.54, 1.807) is 13.2 Å². The molecule has 1 saturated heterocycles. The maximum absolute atomic E-state index is 12.4. The van der Waals surface area contributed by atoms with Crippen molar-refractivity contribution in [2.75, 3.05) is 37.5 Å². The van der Waals surface area contributed by atoms with E-state index in [4.69, 9.17) is 4.74 Å². The fraction of sp³-hybridized carbons (Fsp3) is 0.500. The van der Waals surface area contributed by atoms with Gasteiger partial charge in [-0.1, -0.05) is 6.07 Å². The molecule has 1 aromatic heterocycles. The van der Waals surface area contributed by atoms with Gasteiger partial charge in [0.05, 0.1) is 36.9 Å². The van der Waals surface area contributed by atoms with E-state index in [1.165, 1.54) is 0 Å². The van der Waals surface area contributed by atoms with Gasteiger partial charge in [0.15, 0.2) is 9.84 Å². The third-order valence-electron chi connectivity index (χ3n) is 5.22. The van der Waals surface area contributed by atoms with Gasteiger partial charge in [0.1, 0.15) is 5.75 Å². The highest BCUT2D eigenvalue weighted by Crippen LogP contribution is 2.27. The van der Waals surface area contributed by atoms with Gasteiger partial charge in [-0.2, -0.15) is 5.10 Å². The maximum atomic E-state index is 12.4. The number of carbonyl (C=O) groups excluding carboxylic acids is 1. The summed E-state index contributed by atoms with van der Waals surface area (Å²) in [6.45, 7) is 4.67. The van der Waals surface area contributed by atoms with E-state index in [2.05, 4.69) is 10.4 Å². The molecule has 0 aliphatic carbocycles. The van der Waals surface area contributed by atoms with E-state index in [9.17, 15) is 13.2 Å². The number of ether oxygens (including phenoxy) is 1. The Balaban J connectivity index is 1.63. The number of aromatic nitrogens is 2. The molecule has 1 N–H and O–H groups in total. The Morgan fingerprint density at radius 1 is 1.38 bits per heavy atom. The molecular formula is C20H28N4O4S. The Hall–Kier alpha value is -2.39. The minimum absolute atomic E-state index is 0.103. The van der Waals surface area contributed by atoms with Crippen LogP contribution in [0.4, 0.5) is 5.69 Å². The molecule has 1 aliphatic rings. The first-order valence-corrected chi connectivity index (χ1v) is 11.4. The van der Waals surface area contributed by atoms with Crippen molar-refractivity contribution in [2.45, 2.75) is 32.9 Å². The Kier molecular flexibility index (Phi) is 6.28. The molecule has 1 aliphatic heterocycles. The molecule has 0 radical (unpaired) electrons. The minimum atomic E-state index is -2.97. The second-order valence-corrected chi connectivity index (χ2v) is 9.83. The van der Waals surface area contributed by atoms with Crippen LogP contribution in [0.2, 0.25) is 0 Å². The van der Waals surface area contributed by atoms with Crippen molar-refractivity contribution in [2.24, 2.45) is 0 Å². The molecule has 29 heavy (non-hydrogen) atoms. The number of hydrogen-bond acceptors (Lipinski definition) is 6. The van der Waals surface area contributed by atoms with Gasteiger partial charge in [-0.05, 0) is 39.4 Å². The fourth-order valence-corrected chi connectivity index (χ4v) is 5.41. The Labute approximate surface area is 171 Å². The molecule has 1 atom stereocenters. The number of nitrogens with one attached hydrogen (secondary N) is 1. The van der Waals surface area contributed by atoms with Gasteiger partial charge in [0, 0.05) is 29.6 Å². The summed E-state index contributed by atoms with van der Waals surface area (Å²) in [5, 5.41) is 7.46. The number of sulfone groups is 1. The standard InChI is InChI=1S/C20H28N4O4S/c1-14-19(15(2)24(22-14)17-8-9-29(26,27)13-17)11-23(3)12-20(25)21-16-6-5-7-18(10-16)28-4/h5-7,10,17H,8-9,11-13H2,1-4H3,(H,21,25)/t17-/m0/s1. The van der Waals surface area contributed by atoms with Crippen LogP contribution in [-0.2, 0) is 21.2 Å². The molecule has 8 nitrogen and oxygen atoms in total. The van der Waals surface area contributed by atoms with Crippen LogP contribution in [0.5, 0.6) is 5.75 Å². The number of hydrogen-bond donors (Lipinski definition) is 1. The lowest BCUT2D eigenvalue weighted by atomic mass is 10.1. The van der Waals surface area contributed by atoms with Crippen molar-refractivity contribution in [3.8, 4) is 5.75 Å². The topological polar surface area (TPSA) is 93.5 Å². The summed E-state index contributed by atoms with van der Waals surface area (Å²) in [7, 11) is 0.489. The quantitative estimate of drug-likeness (QED) is 0.736. The summed E-state index contributed by atoms with van der Waals surface area (Å²) < 4.78 is 30.6. The first-order valence-electron chi connectivity index (χ1n) is 9.56. The SMILES string of the molecule is COc1cccc(NC(=O)CN(C)Cc2c(C)nn([C@H]3CCS(=O)(=O)C3)c2C)c1. The number of rotatable bonds is 7. The second kappa shape index (κ2) is 8.54. The average Bonchev–Trinajstić information content (AvgIpc) is 3.15. The molecule has 1 fully saturated rings. The highest BCUT2D eigenvalue weighted by Gasteiger charge is 2.31. The molecule has 2 heterocycles. The molecule has 2 aromatic rings. The zero-order valence-electron chi connectivity index (χ0n) is 17.3. The number of benzene rings is 1. The largest absolute Gasteiger partial charge is 0.497 e. The highest BCUT2D eigenvalue weighted by atomic mass is 32.2. The zero-order chi connectivity index (χ0) is 21.2. The summed E-state index contributed by atoms with van der Waals surface area (Å²) in [4.78, 5) is 14.3. The van der Waals surface area contributed by atoms with Crippen LogP contribution in [-0.4, -0.2) is 61.2 Å². The van der Waals surface area contributed by atoms with Crippen molar-refractivity contribution < 1.29 is 17.9 Å². The van der Waals surface area contributed by atoms with Crippen molar-refractivity contribution in [1.82, 2.24) is 14.7 Å². The summed E-state index contributed by atoms with van der Waals surface area (Å²) in [5.74, 6) is 0.928. The molecule has 158 valence electrons. The molecule has 0 bridgehead atoms. The summed E-state index contributed by atoms with van der Waals surface area (Å²) in [6.07, 6.45) is 0.600. The highest BCUT2D eigenvalue weighted by molar-refractivity contribution is 7.91. The molecule has 0 unspecified atom stereocenters. The molecule has 1 amide bonds. The Bertz CT molecular complexity index is 1000. The van der Waals surface area contributed by atoms with Crippen molar-refractivity contribution in [3.63, 3.8) is 0 Å². The van der Waals surface area contributed by atoms with Crippen molar-refractivity contribution in [1.29, 1.82) is 0 Å². The molecular weight excluding hydrogens is 392 g/mol. The number of carbonyl (C=O) groups is 1. The van der Waals surface area contributed by atoms with Crippen LogP contribution >= 0.6 is 0 Å². The van der Waals surface area contributed by atoms with Crippen LogP contribution in [0.3, 0.4) is 0 Å². The normalized spacial score (nSPS) is 18.2. The van der Waals surface area contributed by atoms with Crippen LogP contribution in [0.1, 0.15) is 29.4 Å². The van der Waals surface area contributed by atoms with E-state index in [-0.39, 0.29) is 30.0 Å². The molecule has 9 heteroatoms. The summed E-state index contributed by atoms with van der Waals surface area (Å²) in [6, 6.07) is 7.12. The van der Waals surface area contributed by atoms with Crippen LogP contribution in [0.15, 0.2) is 24.3 Å². The first kappa shape index (κ1) is 21.3. The van der Waals surface area contributed by atoms with Crippen molar-refractivity contribution in [3.05, 3.63) is 41.2 Å². The minimum Gasteiger partial charge on any atom is -0.497 e. The van der Waals surface area contributed by atoms with E-state index in [0.717, 1.165) is 17.0 Å². The predicted octanol–water partition coefficient (Wildman–Crippen LogP) is 1.94. The van der Waals surface area contributed by atoms with Gasteiger partial charge >= 0.3 is 0 Å². The van der Waals surface area contributed by atoms with Gasteiger partial charge in [-0.15, -0.1) is 0 Å². The fourth-order valence-electron chi connectivity index (χ4n) is 3.72. The number of nitrogens with zero attached hydrogens (tertiary/aromatic N) is 3. The lowest BCUT2D eigenvalue weighted by molar-refractivity contribution is -0.117. The number of aryl methyl sites for hydroxylation is 1. The number of anilines is 1.